The molecule has 0 fully saturated rings. The van der Waals surface area contributed by atoms with Crippen molar-refractivity contribution >= 4 is 22.1 Å². The number of sulfonamides is 1. The molecule has 22 heavy (non-hydrogen) atoms. The van der Waals surface area contributed by atoms with Crippen LogP contribution < -0.4 is 4.74 Å². The zero-order valence-corrected chi connectivity index (χ0v) is 11.7. The lowest BCUT2D eigenvalue weighted by Crippen LogP contribution is -2.20. The molecule has 1 aromatic carbocycles. The van der Waals surface area contributed by atoms with Gasteiger partial charge in [-0.25, -0.2) is 9.59 Å². The molecule has 0 amide bonds. The van der Waals surface area contributed by atoms with Gasteiger partial charge in [-0.15, -0.1) is 13.2 Å². The number of halogens is 3. The van der Waals surface area contributed by atoms with E-state index in [1.165, 1.54) is 6.92 Å². The number of nitrogens with zero attached hydrogens (tertiary/aromatic N) is 1. The second kappa shape index (κ2) is 6.58. The van der Waals surface area contributed by atoms with E-state index in [9.17, 15) is 31.2 Å². The molecule has 0 bridgehead atoms. The van der Waals surface area contributed by atoms with Crippen LogP contribution in [-0.2, 0) is 19.6 Å². The SMILES string of the molecule is CCOC(=O)c1cccc(OC(F)(F)F)c1S(=O)(=O)N=C=O. The fourth-order valence-corrected chi connectivity index (χ4v) is 2.43. The highest BCUT2D eigenvalue weighted by molar-refractivity contribution is 7.90. The van der Waals surface area contributed by atoms with E-state index >= 15 is 0 Å². The molecule has 0 radical (unpaired) electrons. The lowest BCUT2D eigenvalue weighted by molar-refractivity contribution is -0.275. The van der Waals surface area contributed by atoms with Crippen molar-refractivity contribution < 1.29 is 40.7 Å². The fraction of sp³-hybridized carbons (Fsp3) is 0.273. The van der Waals surface area contributed by atoms with E-state index in [2.05, 4.69) is 13.9 Å². The van der Waals surface area contributed by atoms with E-state index in [0.29, 0.717) is 12.1 Å². The van der Waals surface area contributed by atoms with Crippen LogP contribution in [0, 0.1) is 0 Å². The first-order valence-corrected chi connectivity index (χ1v) is 6.96. The van der Waals surface area contributed by atoms with E-state index in [-0.39, 0.29) is 6.61 Å². The van der Waals surface area contributed by atoms with Crippen molar-refractivity contribution in [2.45, 2.75) is 18.2 Å². The molecular weight excluding hydrogens is 331 g/mol. The van der Waals surface area contributed by atoms with Crippen LogP contribution >= 0.6 is 0 Å². The third kappa shape index (κ3) is 4.30. The van der Waals surface area contributed by atoms with Gasteiger partial charge < -0.3 is 9.47 Å². The number of isocyanates is 1. The Bertz CT molecular complexity index is 722. The summed E-state index contributed by atoms with van der Waals surface area (Å²) in [7, 11) is -4.93. The maximum absolute atomic E-state index is 12.3. The molecule has 0 N–H and O–H groups in total. The van der Waals surface area contributed by atoms with Crippen LogP contribution in [0.25, 0.3) is 0 Å². The van der Waals surface area contributed by atoms with Crippen LogP contribution in [0.3, 0.4) is 0 Å². The average Bonchev–Trinajstić information content (AvgIpc) is 2.36. The average molecular weight is 339 g/mol. The van der Waals surface area contributed by atoms with Crippen molar-refractivity contribution in [3.63, 3.8) is 0 Å². The minimum absolute atomic E-state index is 0.153. The third-order valence-corrected chi connectivity index (χ3v) is 3.37. The Balaban J connectivity index is 3.63. The third-order valence-electron chi connectivity index (χ3n) is 2.12. The zero-order valence-electron chi connectivity index (χ0n) is 10.9. The van der Waals surface area contributed by atoms with Gasteiger partial charge in [-0.1, -0.05) is 10.5 Å². The van der Waals surface area contributed by atoms with Gasteiger partial charge in [0.05, 0.1) is 12.2 Å². The van der Waals surface area contributed by atoms with Gasteiger partial charge >= 0.3 is 12.3 Å². The van der Waals surface area contributed by atoms with Crippen LogP contribution in [0.1, 0.15) is 17.3 Å². The van der Waals surface area contributed by atoms with E-state index in [1.807, 2.05) is 0 Å². The summed E-state index contributed by atoms with van der Waals surface area (Å²) in [6.07, 6.45) is -4.53. The number of esters is 1. The standard InChI is InChI=1S/C11H8F3NO6S/c1-2-20-10(17)7-4-3-5-8(21-11(12,13)14)9(7)22(18,19)15-6-16/h3-5H,2H2,1H3. The maximum Gasteiger partial charge on any atom is 0.573 e. The summed E-state index contributed by atoms with van der Waals surface area (Å²) in [5.41, 5.74) is -0.748. The summed E-state index contributed by atoms with van der Waals surface area (Å²) in [5, 5.41) is 0. The molecule has 0 heterocycles. The number of hydrogen-bond donors (Lipinski definition) is 0. The number of carbonyl (C=O) groups is 1. The number of carbonyl (C=O) groups excluding carboxylic acids is 2. The minimum Gasteiger partial charge on any atom is -0.462 e. The molecule has 0 aromatic heterocycles. The highest BCUT2D eigenvalue weighted by atomic mass is 32.2. The molecule has 0 aliphatic rings. The molecular formula is C11H8F3NO6S. The summed E-state index contributed by atoms with van der Waals surface area (Å²) >= 11 is 0. The fourth-order valence-electron chi connectivity index (χ4n) is 1.45. The molecule has 0 aliphatic carbocycles. The van der Waals surface area contributed by atoms with Gasteiger partial charge in [-0.05, 0) is 19.1 Å². The molecule has 0 saturated heterocycles. The molecule has 1 aromatic rings. The number of rotatable bonds is 5. The van der Waals surface area contributed by atoms with Gasteiger partial charge in [-0.3, -0.25) is 0 Å². The molecule has 1 rings (SSSR count). The summed E-state index contributed by atoms with van der Waals surface area (Å²) < 4.78 is 71.1. The highest BCUT2D eigenvalue weighted by Crippen LogP contribution is 2.33. The van der Waals surface area contributed by atoms with Crippen molar-refractivity contribution in [1.29, 1.82) is 0 Å². The Morgan fingerprint density at radius 2 is 2.00 bits per heavy atom. The predicted octanol–water partition coefficient (Wildman–Crippen LogP) is 1.79. The minimum atomic E-state index is -5.22. The van der Waals surface area contributed by atoms with E-state index in [0.717, 1.165) is 12.1 Å². The Morgan fingerprint density at radius 1 is 1.36 bits per heavy atom. The maximum atomic E-state index is 12.3. The molecule has 11 heteroatoms. The Morgan fingerprint density at radius 3 is 2.50 bits per heavy atom. The van der Waals surface area contributed by atoms with Crippen LogP contribution in [0.5, 0.6) is 5.75 Å². The summed E-state index contributed by atoms with van der Waals surface area (Å²) in [4.78, 5) is 20.6. The molecule has 0 unspecified atom stereocenters. The van der Waals surface area contributed by atoms with Crippen molar-refractivity contribution in [1.82, 2.24) is 0 Å². The zero-order chi connectivity index (χ0) is 17.0. The lowest BCUT2D eigenvalue weighted by atomic mass is 10.2. The second-order valence-electron chi connectivity index (χ2n) is 3.56. The van der Waals surface area contributed by atoms with E-state index < -0.39 is 38.6 Å². The first-order valence-electron chi connectivity index (χ1n) is 5.52. The van der Waals surface area contributed by atoms with Crippen LogP contribution in [0.15, 0.2) is 27.5 Å². The van der Waals surface area contributed by atoms with Gasteiger partial charge in [0.2, 0.25) is 0 Å². The number of benzene rings is 1. The molecule has 0 saturated carbocycles. The Hall–Kier alpha value is -2.39. The summed E-state index contributed by atoms with van der Waals surface area (Å²) in [6, 6.07) is 2.51. The van der Waals surface area contributed by atoms with Gasteiger partial charge in [0, 0.05) is 0 Å². The first kappa shape index (κ1) is 17.7. The van der Waals surface area contributed by atoms with Crippen LogP contribution in [0.2, 0.25) is 0 Å². The normalized spacial score (nSPS) is 11.5. The number of alkyl halides is 3. The van der Waals surface area contributed by atoms with E-state index in [1.54, 1.807) is 0 Å². The molecule has 0 spiro atoms. The molecule has 7 nitrogen and oxygen atoms in total. The van der Waals surface area contributed by atoms with Crippen molar-refractivity contribution in [2.24, 2.45) is 4.40 Å². The van der Waals surface area contributed by atoms with Gasteiger partial charge in [-0.2, -0.15) is 8.42 Å². The van der Waals surface area contributed by atoms with E-state index in [4.69, 9.17) is 0 Å². The predicted molar refractivity (Wildman–Crippen MR) is 64.4 cm³/mol. The number of hydrogen-bond acceptors (Lipinski definition) is 6. The molecule has 0 aliphatic heterocycles. The molecule has 0 atom stereocenters. The topological polar surface area (TPSA) is 99.1 Å². The van der Waals surface area contributed by atoms with Crippen molar-refractivity contribution in [3.05, 3.63) is 23.8 Å². The second-order valence-corrected chi connectivity index (χ2v) is 5.10. The largest absolute Gasteiger partial charge is 0.573 e. The van der Waals surface area contributed by atoms with Gasteiger partial charge in [0.15, 0.2) is 5.75 Å². The quantitative estimate of drug-likeness (QED) is 0.461. The monoisotopic (exact) mass is 339 g/mol. The lowest BCUT2D eigenvalue weighted by Gasteiger charge is -2.14. The highest BCUT2D eigenvalue weighted by Gasteiger charge is 2.36. The van der Waals surface area contributed by atoms with Gasteiger partial charge in [0.25, 0.3) is 16.1 Å². The number of ether oxygens (including phenoxy) is 2. The van der Waals surface area contributed by atoms with Crippen molar-refractivity contribution in [2.75, 3.05) is 6.61 Å². The Kier molecular flexibility index (Phi) is 5.28. The smallest absolute Gasteiger partial charge is 0.462 e. The van der Waals surface area contributed by atoms with Crippen LogP contribution in [0.4, 0.5) is 13.2 Å². The molecule has 120 valence electrons. The van der Waals surface area contributed by atoms with Crippen LogP contribution in [-0.4, -0.2) is 33.4 Å². The van der Waals surface area contributed by atoms with Crippen molar-refractivity contribution in [3.8, 4) is 5.75 Å². The summed E-state index contributed by atoms with van der Waals surface area (Å²) in [6.45, 7) is 1.26. The summed E-state index contributed by atoms with van der Waals surface area (Å²) in [5.74, 6) is -2.42. The first-order chi connectivity index (χ1) is 10.1. The Labute approximate surface area is 122 Å². The van der Waals surface area contributed by atoms with Gasteiger partial charge in [0.1, 0.15) is 4.90 Å².